The van der Waals surface area contributed by atoms with Crippen LogP contribution in [0.25, 0.3) is 5.69 Å². The molecule has 2 aromatic heterocycles. The van der Waals surface area contributed by atoms with Gasteiger partial charge in [-0.2, -0.15) is 0 Å². The van der Waals surface area contributed by atoms with Gasteiger partial charge in [0.25, 0.3) is 0 Å². The van der Waals surface area contributed by atoms with Crippen LogP contribution in [0, 0.1) is 6.92 Å². The van der Waals surface area contributed by atoms with Gasteiger partial charge in [0.05, 0.1) is 0 Å². The average Bonchev–Trinajstić information content (AvgIpc) is 3.17. The van der Waals surface area contributed by atoms with E-state index < -0.39 is 0 Å². The Kier molecular flexibility index (Phi) is 4.53. The summed E-state index contributed by atoms with van der Waals surface area (Å²) in [5, 5.41) is 3.46. The third kappa shape index (κ3) is 3.74. The highest BCUT2D eigenvalue weighted by Gasteiger charge is 2.17. The molecule has 0 fully saturated rings. The summed E-state index contributed by atoms with van der Waals surface area (Å²) in [6, 6.07) is 8.55. The van der Waals surface area contributed by atoms with Crippen LogP contribution in [0.15, 0.2) is 42.9 Å². The Balaban J connectivity index is 1.56. The van der Waals surface area contributed by atoms with Gasteiger partial charge in [-0.15, -0.1) is 0 Å². The van der Waals surface area contributed by atoms with Gasteiger partial charge in [0.15, 0.2) is 0 Å². The number of aromatic amines is 1. The lowest BCUT2D eigenvalue weighted by Gasteiger charge is -2.14. The number of benzene rings is 1. The lowest BCUT2D eigenvalue weighted by atomic mass is 9.96. The second kappa shape index (κ2) is 6.61. The fraction of sp³-hybridized carbons (Fsp3) is 0.368. The van der Waals surface area contributed by atoms with Crippen molar-refractivity contribution in [3.8, 4) is 5.69 Å². The van der Waals surface area contributed by atoms with E-state index >= 15 is 0 Å². The fourth-order valence-corrected chi connectivity index (χ4v) is 2.60. The molecule has 0 bridgehead atoms. The minimum Gasteiger partial charge on any atom is -0.344 e. The van der Waals surface area contributed by atoms with Crippen LogP contribution in [0.1, 0.15) is 43.7 Å². The number of imidazole rings is 2. The Hall–Kier alpha value is -2.40. The minimum atomic E-state index is 0.0551. The number of nitrogens with zero attached hydrogens (tertiary/aromatic N) is 3. The highest BCUT2D eigenvalue weighted by atomic mass is 15.1. The summed E-state index contributed by atoms with van der Waals surface area (Å²) in [5.41, 5.74) is 3.56. The maximum absolute atomic E-state index is 4.46. The van der Waals surface area contributed by atoms with Crippen molar-refractivity contribution < 1.29 is 0 Å². The van der Waals surface area contributed by atoms with Crippen LogP contribution in [0.3, 0.4) is 0 Å². The summed E-state index contributed by atoms with van der Waals surface area (Å²) in [6.45, 7) is 10.1. The Morgan fingerprint density at radius 3 is 2.42 bits per heavy atom. The number of H-pyrrole nitrogens is 1. The minimum absolute atomic E-state index is 0.0551. The zero-order valence-electron chi connectivity index (χ0n) is 14.8. The molecule has 0 saturated heterocycles. The molecular weight excluding hydrogens is 298 g/mol. The average molecular weight is 323 g/mol. The largest absolute Gasteiger partial charge is 0.344 e. The van der Waals surface area contributed by atoms with Crippen LogP contribution in [0.5, 0.6) is 0 Å². The third-order valence-corrected chi connectivity index (χ3v) is 4.02. The van der Waals surface area contributed by atoms with Gasteiger partial charge in [-0.3, -0.25) is 0 Å². The SMILES string of the molecule is Cc1nccn1-c1ccc(CNCc2cnc(C(C)(C)C)[nH]2)cc1. The highest BCUT2D eigenvalue weighted by Crippen LogP contribution is 2.18. The number of nitrogens with one attached hydrogen (secondary N) is 2. The summed E-state index contributed by atoms with van der Waals surface area (Å²) in [7, 11) is 0. The van der Waals surface area contributed by atoms with Crippen LogP contribution >= 0.6 is 0 Å². The molecule has 0 amide bonds. The molecule has 1 aromatic carbocycles. The molecule has 5 nitrogen and oxygen atoms in total. The summed E-state index contributed by atoms with van der Waals surface area (Å²) in [4.78, 5) is 12.1. The molecule has 3 rings (SSSR count). The van der Waals surface area contributed by atoms with Crippen molar-refractivity contribution in [3.05, 3.63) is 65.8 Å². The van der Waals surface area contributed by atoms with E-state index in [0.29, 0.717) is 0 Å². The smallest absolute Gasteiger partial charge is 0.111 e. The van der Waals surface area contributed by atoms with Crippen molar-refractivity contribution in [1.29, 1.82) is 0 Å². The highest BCUT2D eigenvalue weighted by molar-refractivity contribution is 5.35. The normalized spacial score (nSPS) is 11.8. The molecule has 0 radical (unpaired) electrons. The van der Waals surface area contributed by atoms with Gasteiger partial charge in [0.2, 0.25) is 0 Å². The molecule has 2 N–H and O–H groups in total. The van der Waals surface area contributed by atoms with Crippen molar-refractivity contribution >= 4 is 0 Å². The number of rotatable bonds is 5. The first-order valence-electron chi connectivity index (χ1n) is 8.28. The zero-order valence-corrected chi connectivity index (χ0v) is 14.8. The number of aryl methyl sites for hydroxylation is 1. The standard InChI is InChI=1S/C19H25N5/c1-14-21-9-10-24(14)17-7-5-15(6-8-17)11-20-12-16-13-22-18(23-16)19(2,3)4/h5-10,13,20H,11-12H2,1-4H3,(H,22,23). The third-order valence-electron chi connectivity index (χ3n) is 4.02. The molecular formula is C19H25N5. The van der Waals surface area contributed by atoms with Gasteiger partial charge in [0, 0.05) is 48.5 Å². The van der Waals surface area contributed by atoms with E-state index in [1.54, 1.807) is 0 Å². The van der Waals surface area contributed by atoms with E-state index in [4.69, 9.17) is 0 Å². The van der Waals surface area contributed by atoms with Crippen LogP contribution in [0.4, 0.5) is 0 Å². The Labute approximate surface area is 143 Å². The molecule has 0 unspecified atom stereocenters. The molecule has 0 aliphatic heterocycles. The van der Waals surface area contributed by atoms with Crippen molar-refractivity contribution in [2.75, 3.05) is 0 Å². The van der Waals surface area contributed by atoms with Crippen molar-refractivity contribution in [2.45, 2.75) is 46.2 Å². The molecule has 0 spiro atoms. The lowest BCUT2D eigenvalue weighted by Crippen LogP contribution is -2.15. The molecule has 24 heavy (non-hydrogen) atoms. The van der Waals surface area contributed by atoms with Crippen LogP contribution in [-0.4, -0.2) is 19.5 Å². The van der Waals surface area contributed by atoms with E-state index in [2.05, 4.69) is 69.9 Å². The zero-order chi connectivity index (χ0) is 17.2. The molecule has 0 aliphatic rings. The second-order valence-corrected chi connectivity index (χ2v) is 7.12. The summed E-state index contributed by atoms with van der Waals surface area (Å²) in [6.07, 6.45) is 5.72. The molecule has 126 valence electrons. The first-order chi connectivity index (χ1) is 11.4. The second-order valence-electron chi connectivity index (χ2n) is 7.12. The first kappa shape index (κ1) is 16.5. The van der Waals surface area contributed by atoms with Gasteiger partial charge in [-0.05, 0) is 24.6 Å². The first-order valence-corrected chi connectivity index (χ1v) is 8.28. The summed E-state index contributed by atoms with van der Waals surface area (Å²) in [5.74, 6) is 2.02. The Morgan fingerprint density at radius 1 is 1.08 bits per heavy atom. The molecule has 0 saturated carbocycles. The number of hydrogen-bond acceptors (Lipinski definition) is 3. The maximum Gasteiger partial charge on any atom is 0.111 e. The van der Waals surface area contributed by atoms with E-state index in [-0.39, 0.29) is 5.41 Å². The van der Waals surface area contributed by atoms with Gasteiger partial charge in [-0.1, -0.05) is 32.9 Å². The van der Waals surface area contributed by atoms with Crippen molar-refractivity contribution in [1.82, 2.24) is 24.8 Å². The van der Waals surface area contributed by atoms with Gasteiger partial charge in [-0.25, -0.2) is 9.97 Å². The predicted octanol–water partition coefficient (Wildman–Crippen LogP) is 3.49. The number of aromatic nitrogens is 4. The fourth-order valence-electron chi connectivity index (χ4n) is 2.60. The van der Waals surface area contributed by atoms with Crippen LogP contribution in [0.2, 0.25) is 0 Å². The predicted molar refractivity (Wildman–Crippen MR) is 96.1 cm³/mol. The molecule has 5 heteroatoms. The summed E-state index contributed by atoms with van der Waals surface area (Å²) >= 11 is 0. The maximum atomic E-state index is 4.46. The Bertz CT molecular complexity index is 790. The van der Waals surface area contributed by atoms with Gasteiger partial charge < -0.3 is 14.9 Å². The van der Waals surface area contributed by atoms with Gasteiger partial charge in [0.1, 0.15) is 11.6 Å². The lowest BCUT2D eigenvalue weighted by molar-refractivity contribution is 0.549. The molecule has 0 atom stereocenters. The van der Waals surface area contributed by atoms with Crippen molar-refractivity contribution in [3.63, 3.8) is 0 Å². The van der Waals surface area contributed by atoms with Crippen LogP contribution < -0.4 is 5.32 Å². The van der Waals surface area contributed by atoms with E-state index in [1.807, 2.05) is 25.5 Å². The Morgan fingerprint density at radius 2 is 1.83 bits per heavy atom. The summed E-state index contributed by atoms with van der Waals surface area (Å²) < 4.78 is 2.08. The van der Waals surface area contributed by atoms with Crippen molar-refractivity contribution in [2.24, 2.45) is 0 Å². The van der Waals surface area contributed by atoms with E-state index in [1.165, 1.54) is 5.56 Å². The topological polar surface area (TPSA) is 58.5 Å². The molecule has 0 aliphatic carbocycles. The molecule has 3 aromatic rings. The van der Waals surface area contributed by atoms with Gasteiger partial charge >= 0.3 is 0 Å². The van der Waals surface area contributed by atoms with Crippen LogP contribution in [-0.2, 0) is 18.5 Å². The quantitative estimate of drug-likeness (QED) is 0.755. The molecule has 2 heterocycles. The monoisotopic (exact) mass is 323 g/mol. The van der Waals surface area contributed by atoms with E-state index in [9.17, 15) is 0 Å². The van der Waals surface area contributed by atoms with E-state index in [0.717, 1.165) is 36.1 Å². The number of hydrogen-bond donors (Lipinski definition) is 2.